The van der Waals surface area contributed by atoms with Crippen LogP contribution < -0.4 is 5.32 Å². The van der Waals surface area contributed by atoms with Gasteiger partial charge in [0.15, 0.2) is 0 Å². The van der Waals surface area contributed by atoms with Crippen LogP contribution in [-0.4, -0.2) is 74.5 Å². The lowest BCUT2D eigenvalue weighted by atomic mass is 9.99. The van der Waals surface area contributed by atoms with Crippen molar-refractivity contribution in [2.75, 3.05) is 45.0 Å². The zero-order valence-corrected chi connectivity index (χ0v) is 45.0. The lowest BCUT2D eigenvalue weighted by molar-refractivity contribution is 0.160. The van der Waals surface area contributed by atoms with Crippen LogP contribution in [0.4, 0.5) is 5.69 Å². The van der Waals surface area contributed by atoms with Crippen LogP contribution in [0.25, 0.3) is 0 Å². The molecule has 2 N–H and O–H groups in total. The van der Waals surface area contributed by atoms with Gasteiger partial charge in [-0.25, -0.2) is 0 Å². The van der Waals surface area contributed by atoms with E-state index in [1.807, 2.05) is 85.9 Å². The molecule has 368 valence electrons. The number of hydrogen-bond donors (Lipinski definition) is 2. The summed E-state index contributed by atoms with van der Waals surface area (Å²) in [7, 11) is 4.37. The molecule has 0 fully saturated rings. The number of hydrogen-bond acceptors (Lipinski definition) is 10. The number of unbranched alkanes of at least 4 members (excludes halogenated alkanes) is 3. The minimum atomic E-state index is -0.550. The number of aliphatic hydroxyl groups is 1. The standard InChI is InChI=1S/C23H26N2O.C22H34N4.C11H17NS2.C2H6/c1-17(2)18-11-13-20(14-12-18)25-22(21-10-6-7-15-24-21)16-23(26)19-8-4-3-5-9-19;1-19-11-9-13-21(23-19)17-25(3)15-7-5-6-8-16-26(4)18-22-14-10-12-20(2)24-22;1-8(13-3)10-6-5-7-11(12-10)9(2)14-4;1-2/h3-15,17,22-23,25-26H,16H2,1-2H3;9-14H,5-8,15-18H2,1-4H3;5-9H,1-4H3;1-2H3. The number of aromatic nitrogens is 4. The molecule has 4 unspecified atom stereocenters. The lowest BCUT2D eigenvalue weighted by Crippen LogP contribution is -2.21. The van der Waals surface area contributed by atoms with Gasteiger partial charge in [0, 0.05) is 53.3 Å². The number of anilines is 1. The topological polar surface area (TPSA) is 90.3 Å². The van der Waals surface area contributed by atoms with E-state index in [1.54, 1.807) is 6.20 Å². The lowest BCUT2D eigenvalue weighted by Gasteiger charge is -2.23. The Morgan fingerprint density at radius 3 is 1.49 bits per heavy atom. The molecule has 6 rings (SSSR count). The van der Waals surface area contributed by atoms with Crippen molar-refractivity contribution in [3.8, 4) is 0 Å². The van der Waals surface area contributed by atoms with E-state index >= 15 is 0 Å². The van der Waals surface area contributed by atoms with E-state index in [4.69, 9.17) is 0 Å². The number of aryl methyl sites for hydroxylation is 2. The summed E-state index contributed by atoms with van der Waals surface area (Å²) in [5.41, 5.74) is 11.1. The first-order valence-electron chi connectivity index (χ1n) is 24.6. The summed E-state index contributed by atoms with van der Waals surface area (Å²) in [5.74, 6) is 0.510. The maximum Gasteiger partial charge on any atom is 0.0813 e. The highest BCUT2D eigenvalue weighted by Crippen LogP contribution is 2.30. The van der Waals surface area contributed by atoms with Gasteiger partial charge in [0.25, 0.3) is 0 Å². The Labute approximate surface area is 420 Å². The van der Waals surface area contributed by atoms with Crippen molar-refractivity contribution < 1.29 is 5.11 Å². The summed E-state index contributed by atoms with van der Waals surface area (Å²) in [6, 6.07) is 42.9. The van der Waals surface area contributed by atoms with E-state index < -0.39 is 6.10 Å². The van der Waals surface area contributed by atoms with E-state index in [2.05, 4.69) is 182 Å². The number of nitrogens with one attached hydrogen (secondary N) is 1. The van der Waals surface area contributed by atoms with Gasteiger partial charge in [0.2, 0.25) is 0 Å². The first kappa shape index (κ1) is 57.7. The molecule has 0 spiro atoms. The van der Waals surface area contributed by atoms with E-state index in [-0.39, 0.29) is 6.04 Å². The van der Waals surface area contributed by atoms with Crippen LogP contribution in [0.5, 0.6) is 0 Å². The van der Waals surface area contributed by atoms with Crippen LogP contribution in [0, 0.1) is 13.8 Å². The summed E-state index contributed by atoms with van der Waals surface area (Å²) in [5, 5.41) is 15.2. The Morgan fingerprint density at radius 1 is 0.544 bits per heavy atom. The second kappa shape index (κ2) is 33.0. The molecule has 0 bridgehead atoms. The van der Waals surface area contributed by atoms with Crippen LogP contribution in [0.3, 0.4) is 0 Å². The van der Waals surface area contributed by atoms with Gasteiger partial charge in [-0.1, -0.05) is 107 Å². The van der Waals surface area contributed by atoms with Crippen molar-refractivity contribution in [3.63, 3.8) is 0 Å². The predicted molar refractivity (Wildman–Crippen MR) is 296 cm³/mol. The number of pyridine rings is 4. The second-order valence-electron chi connectivity index (χ2n) is 17.6. The number of benzene rings is 2. The van der Waals surface area contributed by atoms with Crippen molar-refractivity contribution in [1.29, 1.82) is 0 Å². The second-order valence-corrected chi connectivity index (χ2v) is 19.9. The SMILES string of the molecule is CC.CC(C)c1ccc(NC(CC(O)c2ccccc2)c2ccccn2)cc1.CSC(C)c1cccc(C(C)SC)n1.Cc1cccc(CN(C)CCCCCCN(C)Cc2cccc(C)n2)n1. The quantitative estimate of drug-likeness (QED) is 0.0641. The van der Waals surface area contributed by atoms with E-state index in [0.29, 0.717) is 22.8 Å². The third-order valence-corrected chi connectivity index (χ3v) is 13.4. The van der Waals surface area contributed by atoms with Gasteiger partial charge in [-0.2, -0.15) is 23.5 Å². The number of aliphatic hydroxyl groups excluding tert-OH is 1. The Bertz CT molecular complexity index is 2130. The molecule has 0 amide bonds. The molecule has 6 aromatic rings. The van der Waals surface area contributed by atoms with Gasteiger partial charge in [0.1, 0.15) is 0 Å². The predicted octanol–water partition coefficient (Wildman–Crippen LogP) is 14.7. The Kier molecular flexibility index (Phi) is 28.1. The molecule has 0 aliphatic heterocycles. The molecule has 0 saturated carbocycles. The molecule has 10 heteroatoms. The maximum atomic E-state index is 10.7. The van der Waals surface area contributed by atoms with Crippen LogP contribution >= 0.6 is 23.5 Å². The van der Waals surface area contributed by atoms with Crippen LogP contribution in [0.2, 0.25) is 0 Å². The fourth-order valence-corrected chi connectivity index (χ4v) is 8.15. The molecule has 68 heavy (non-hydrogen) atoms. The molecular formula is C58H83N7OS2. The zero-order valence-electron chi connectivity index (χ0n) is 43.4. The van der Waals surface area contributed by atoms with E-state index in [0.717, 1.165) is 54.5 Å². The molecule has 2 aromatic carbocycles. The highest BCUT2D eigenvalue weighted by Gasteiger charge is 2.19. The van der Waals surface area contributed by atoms with E-state index in [9.17, 15) is 5.11 Å². The number of rotatable bonds is 22. The van der Waals surface area contributed by atoms with Gasteiger partial charge in [0.05, 0.1) is 40.6 Å². The van der Waals surface area contributed by atoms with Crippen LogP contribution in [0.1, 0.15) is 153 Å². The monoisotopic (exact) mass is 958 g/mol. The first-order chi connectivity index (χ1) is 32.8. The molecule has 8 nitrogen and oxygen atoms in total. The van der Waals surface area contributed by atoms with Crippen molar-refractivity contribution in [2.24, 2.45) is 0 Å². The van der Waals surface area contributed by atoms with E-state index in [1.165, 1.54) is 54.0 Å². The Hall–Kier alpha value is -4.58. The molecule has 0 aliphatic carbocycles. The average molecular weight is 958 g/mol. The number of nitrogens with zero attached hydrogens (tertiary/aromatic N) is 6. The van der Waals surface area contributed by atoms with Crippen molar-refractivity contribution in [1.82, 2.24) is 29.7 Å². The summed E-state index contributed by atoms with van der Waals surface area (Å²) < 4.78 is 0. The molecule has 4 heterocycles. The molecule has 0 radical (unpaired) electrons. The first-order valence-corrected chi connectivity index (χ1v) is 27.2. The molecule has 4 atom stereocenters. The van der Waals surface area contributed by atoms with Gasteiger partial charge < -0.3 is 20.2 Å². The highest BCUT2D eigenvalue weighted by atomic mass is 32.2. The smallest absolute Gasteiger partial charge is 0.0813 e. The summed E-state index contributed by atoms with van der Waals surface area (Å²) in [4.78, 5) is 23.1. The van der Waals surface area contributed by atoms with Gasteiger partial charge in [-0.3, -0.25) is 19.9 Å². The summed E-state index contributed by atoms with van der Waals surface area (Å²) >= 11 is 3.67. The summed E-state index contributed by atoms with van der Waals surface area (Å²) in [6.45, 7) is 21.0. The zero-order chi connectivity index (χ0) is 49.7. The van der Waals surface area contributed by atoms with Gasteiger partial charge >= 0.3 is 0 Å². The molecule has 4 aromatic heterocycles. The minimum absolute atomic E-state index is 0.0729. The third kappa shape index (κ3) is 22.2. The van der Waals surface area contributed by atoms with Crippen LogP contribution in [0.15, 0.2) is 134 Å². The summed E-state index contributed by atoms with van der Waals surface area (Å²) in [6.07, 6.45) is 11.1. The Morgan fingerprint density at radius 2 is 1.03 bits per heavy atom. The number of thioether (sulfide) groups is 2. The third-order valence-electron chi connectivity index (χ3n) is 11.5. The van der Waals surface area contributed by atoms with Crippen molar-refractivity contribution in [2.45, 2.75) is 129 Å². The van der Waals surface area contributed by atoms with Crippen molar-refractivity contribution in [3.05, 3.63) is 185 Å². The minimum Gasteiger partial charge on any atom is -0.388 e. The molecular weight excluding hydrogens is 875 g/mol. The largest absolute Gasteiger partial charge is 0.388 e. The fraction of sp³-hybridized carbons (Fsp3) is 0.448. The fourth-order valence-electron chi connectivity index (χ4n) is 7.40. The van der Waals surface area contributed by atoms with Crippen molar-refractivity contribution >= 4 is 29.2 Å². The molecule has 0 aliphatic rings. The Balaban J connectivity index is 0.000000277. The van der Waals surface area contributed by atoms with Crippen LogP contribution in [-0.2, 0) is 13.1 Å². The van der Waals surface area contributed by atoms with Gasteiger partial charge in [-0.05, 0) is 158 Å². The normalized spacial score (nSPS) is 12.7. The molecule has 0 saturated heterocycles. The van der Waals surface area contributed by atoms with Gasteiger partial charge in [-0.15, -0.1) is 0 Å². The average Bonchev–Trinajstić information content (AvgIpc) is 3.36. The maximum absolute atomic E-state index is 10.7. The highest BCUT2D eigenvalue weighted by molar-refractivity contribution is 7.99.